The first kappa shape index (κ1) is 17.2. The normalized spacial score (nSPS) is 31.8. The van der Waals surface area contributed by atoms with E-state index in [1.54, 1.807) is 0 Å². The van der Waals surface area contributed by atoms with E-state index >= 15 is 0 Å². The first-order valence-corrected chi connectivity index (χ1v) is 9.76. The van der Waals surface area contributed by atoms with Crippen molar-refractivity contribution in [1.82, 2.24) is 9.80 Å². The second-order valence-corrected chi connectivity index (χ2v) is 8.30. The zero-order chi connectivity index (χ0) is 16.4. The molecule has 2 saturated carbocycles. The van der Waals surface area contributed by atoms with E-state index in [2.05, 4.69) is 16.7 Å². The molecule has 1 heterocycles. The molecule has 4 heteroatoms. The Morgan fingerprint density at radius 3 is 2.04 bits per heavy atom. The fourth-order valence-electron chi connectivity index (χ4n) is 4.45. The third-order valence-electron chi connectivity index (χ3n) is 6.28. The van der Waals surface area contributed by atoms with Gasteiger partial charge in [-0.25, -0.2) is 0 Å². The van der Waals surface area contributed by atoms with Crippen molar-refractivity contribution in [3.8, 4) is 0 Å². The molecule has 0 spiro atoms. The first-order valence-electron chi connectivity index (χ1n) is 9.76. The molecule has 3 aliphatic rings. The Balaban J connectivity index is 1.51. The molecule has 0 aromatic carbocycles. The van der Waals surface area contributed by atoms with Gasteiger partial charge in [0.15, 0.2) is 0 Å². The lowest BCUT2D eigenvalue weighted by molar-refractivity contribution is -0.136. The number of carbonyl (C=O) groups is 1. The number of hydrogen-bond donors (Lipinski definition) is 1. The van der Waals surface area contributed by atoms with Crippen molar-refractivity contribution >= 4 is 5.91 Å². The van der Waals surface area contributed by atoms with Gasteiger partial charge in [0.25, 0.3) is 0 Å². The third-order valence-corrected chi connectivity index (χ3v) is 6.28. The zero-order valence-electron chi connectivity index (χ0n) is 14.9. The molecule has 23 heavy (non-hydrogen) atoms. The Kier molecular flexibility index (Phi) is 5.63. The van der Waals surface area contributed by atoms with E-state index in [4.69, 9.17) is 0 Å². The minimum atomic E-state index is -0.208. The van der Waals surface area contributed by atoms with Crippen molar-refractivity contribution in [2.75, 3.05) is 19.6 Å². The van der Waals surface area contributed by atoms with E-state index in [-0.39, 0.29) is 6.10 Å². The number of rotatable bonds is 5. The monoisotopic (exact) mass is 322 g/mol. The van der Waals surface area contributed by atoms with Crippen LogP contribution in [0.4, 0.5) is 0 Å². The number of aliphatic hydroxyl groups is 1. The summed E-state index contributed by atoms with van der Waals surface area (Å²) in [6.45, 7) is 6.74. The molecule has 0 aromatic rings. The molecule has 3 rings (SSSR count). The highest BCUT2D eigenvalue weighted by molar-refractivity contribution is 5.79. The summed E-state index contributed by atoms with van der Waals surface area (Å²) < 4.78 is 0. The van der Waals surface area contributed by atoms with Gasteiger partial charge in [0.05, 0.1) is 12.6 Å². The molecule has 4 nitrogen and oxygen atoms in total. The number of carbonyl (C=O) groups excluding carboxylic acids is 1. The number of nitrogens with zero attached hydrogens (tertiary/aromatic N) is 2. The van der Waals surface area contributed by atoms with Crippen LogP contribution in [-0.4, -0.2) is 58.6 Å². The molecular weight excluding hydrogens is 288 g/mol. The van der Waals surface area contributed by atoms with Crippen LogP contribution < -0.4 is 0 Å². The minimum absolute atomic E-state index is 0.208. The van der Waals surface area contributed by atoms with Gasteiger partial charge in [-0.1, -0.05) is 6.92 Å². The summed E-state index contributed by atoms with van der Waals surface area (Å²) in [5, 5.41) is 9.71. The van der Waals surface area contributed by atoms with E-state index in [0.29, 0.717) is 30.5 Å². The van der Waals surface area contributed by atoms with Crippen LogP contribution in [0.25, 0.3) is 0 Å². The van der Waals surface area contributed by atoms with E-state index in [9.17, 15) is 9.90 Å². The first-order chi connectivity index (χ1) is 11.0. The molecule has 1 N–H and O–H groups in total. The van der Waals surface area contributed by atoms with Crippen molar-refractivity contribution < 1.29 is 9.90 Å². The highest BCUT2D eigenvalue weighted by atomic mass is 16.3. The molecule has 132 valence electrons. The Bertz CT molecular complexity index is 392. The highest BCUT2D eigenvalue weighted by Gasteiger charge is 2.39. The van der Waals surface area contributed by atoms with Crippen LogP contribution in [0.3, 0.4) is 0 Å². The predicted octanol–water partition coefficient (Wildman–Crippen LogP) is 2.65. The predicted molar refractivity (Wildman–Crippen MR) is 92.1 cm³/mol. The Labute approximate surface area is 141 Å². The molecule has 1 unspecified atom stereocenters. The highest BCUT2D eigenvalue weighted by Crippen LogP contribution is 2.35. The number of aliphatic hydroxyl groups excluding tert-OH is 1. The Morgan fingerprint density at radius 2 is 1.57 bits per heavy atom. The van der Waals surface area contributed by atoms with Crippen molar-refractivity contribution in [3.63, 3.8) is 0 Å². The summed E-state index contributed by atoms with van der Waals surface area (Å²) >= 11 is 0. The maximum Gasteiger partial charge on any atom is 0.237 e. The summed E-state index contributed by atoms with van der Waals surface area (Å²) in [5.41, 5.74) is 0. The van der Waals surface area contributed by atoms with E-state index in [1.807, 2.05) is 6.92 Å². The van der Waals surface area contributed by atoms with Gasteiger partial charge in [-0.05, 0) is 83.2 Å². The van der Waals surface area contributed by atoms with Crippen LogP contribution in [0.1, 0.15) is 65.2 Å². The summed E-state index contributed by atoms with van der Waals surface area (Å²) in [5.74, 6) is 1.62. The molecule has 1 atom stereocenters. The average Bonchev–Trinajstić information content (AvgIpc) is 3.35. The van der Waals surface area contributed by atoms with E-state index in [0.717, 1.165) is 31.8 Å². The lowest BCUT2D eigenvalue weighted by Gasteiger charge is -2.39. The van der Waals surface area contributed by atoms with Gasteiger partial charge in [-0.15, -0.1) is 0 Å². The molecule has 0 radical (unpaired) electrons. The zero-order valence-corrected chi connectivity index (χ0v) is 14.9. The SMILES string of the molecule is CC1CCC(N(C(=O)CN2CCC(C(C)O)CC2)C2CC2)CC1. The maximum atomic E-state index is 12.9. The molecule has 1 amide bonds. The van der Waals surface area contributed by atoms with Crippen molar-refractivity contribution in [2.24, 2.45) is 11.8 Å². The van der Waals surface area contributed by atoms with Gasteiger partial charge in [-0.3, -0.25) is 9.69 Å². The molecule has 2 aliphatic carbocycles. The lowest BCUT2D eigenvalue weighted by atomic mass is 9.86. The van der Waals surface area contributed by atoms with Crippen LogP contribution in [0.5, 0.6) is 0 Å². The Hall–Kier alpha value is -0.610. The van der Waals surface area contributed by atoms with Gasteiger partial charge in [-0.2, -0.15) is 0 Å². The van der Waals surface area contributed by atoms with Crippen LogP contribution in [0.15, 0.2) is 0 Å². The number of likely N-dealkylation sites (tertiary alicyclic amines) is 1. The van der Waals surface area contributed by atoms with Crippen LogP contribution in [-0.2, 0) is 4.79 Å². The van der Waals surface area contributed by atoms with Crippen molar-refractivity contribution in [1.29, 1.82) is 0 Å². The molecule has 1 aliphatic heterocycles. The van der Waals surface area contributed by atoms with Gasteiger partial charge >= 0.3 is 0 Å². The number of piperidine rings is 1. The van der Waals surface area contributed by atoms with E-state index < -0.39 is 0 Å². The summed E-state index contributed by atoms with van der Waals surface area (Å²) in [6.07, 6.45) is 9.22. The molecular formula is C19H34N2O2. The third kappa shape index (κ3) is 4.48. The minimum Gasteiger partial charge on any atom is -0.393 e. The van der Waals surface area contributed by atoms with Crippen LogP contribution in [0.2, 0.25) is 0 Å². The molecule has 1 saturated heterocycles. The average molecular weight is 322 g/mol. The van der Waals surface area contributed by atoms with Crippen LogP contribution in [0, 0.1) is 11.8 Å². The smallest absolute Gasteiger partial charge is 0.237 e. The largest absolute Gasteiger partial charge is 0.393 e. The topological polar surface area (TPSA) is 43.8 Å². The number of hydrogen-bond acceptors (Lipinski definition) is 3. The molecule has 0 aromatic heterocycles. The van der Waals surface area contributed by atoms with E-state index in [1.165, 1.54) is 38.5 Å². The molecule has 3 fully saturated rings. The molecule has 0 bridgehead atoms. The van der Waals surface area contributed by atoms with Crippen molar-refractivity contribution in [3.05, 3.63) is 0 Å². The summed E-state index contributed by atoms with van der Waals surface area (Å²) in [4.78, 5) is 17.5. The van der Waals surface area contributed by atoms with Gasteiger partial charge in [0.1, 0.15) is 0 Å². The standard InChI is InChI=1S/C19H34N2O2/c1-14-3-5-17(6-4-14)21(18-7-8-18)19(23)13-20-11-9-16(10-12-20)15(2)22/h14-18,22H,3-13H2,1-2H3. The number of amides is 1. The van der Waals surface area contributed by atoms with Gasteiger partial charge in [0, 0.05) is 12.1 Å². The maximum absolute atomic E-state index is 12.9. The Morgan fingerprint density at radius 1 is 1.04 bits per heavy atom. The van der Waals surface area contributed by atoms with Crippen molar-refractivity contribution in [2.45, 2.75) is 83.4 Å². The summed E-state index contributed by atoms with van der Waals surface area (Å²) in [7, 11) is 0. The second-order valence-electron chi connectivity index (χ2n) is 8.30. The van der Waals surface area contributed by atoms with Gasteiger partial charge < -0.3 is 10.0 Å². The lowest BCUT2D eigenvalue weighted by Crippen LogP contribution is -2.49. The second kappa shape index (κ2) is 7.52. The fourth-order valence-corrected chi connectivity index (χ4v) is 4.45. The fraction of sp³-hybridized carbons (Fsp3) is 0.947. The van der Waals surface area contributed by atoms with Gasteiger partial charge in [0.2, 0.25) is 5.91 Å². The van der Waals surface area contributed by atoms with Crippen LogP contribution >= 0.6 is 0 Å². The quantitative estimate of drug-likeness (QED) is 0.846. The summed E-state index contributed by atoms with van der Waals surface area (Å²) in [6, 6.07) is 1.04.